The fraction of sp³-hybridized carbons (Fsp3) is 0.250. The summed E-state index contributed by atoms with van der Waals surface area (Å²) in [5.41, 5.74) is 0.476. The normalized spacial score (nSPS) is 29.4. The van der Waals surface area contributed by atoms with Gasteiger partial charge in [-0.15, -0.1) is 0 Å². The minimum Gasteiger partial charge on any atom is -0.481 e. The Morgan fingerprint density at radius 3 is 2.22 bits per heavy atom. The molecule has 1 aromatic rings. The zero-order chi connectivity index (χ0) is 13.0. The lowest BCUT2D eigenvalue weighted by molar-refractivity contribution is -0.142. The van der Waals surface area contributed by atoms with E-state index in [1.54, 1.807) is 24.3 Å². The Morgan fingerprint density at radius 1 is 1.17 bits per heavy atom. The number of imide groups is 1. The molecule has 0 bridgehead atoms. The topological polar surface area (TPSA) is 74.7 Å². The molecule has 1 aromatic carbocycles. The predicted molar refractivity (Wildman–Crippen MR) is 64.7 cm³/mol. The van der Waals surface area contributed by atoms with Crippen LogP contribution in [-0.4, -0.2) is 22.9 Å². The minimum absolute atomic E-state index is 0.413. The van der Waals surface area contributed by atoms with Crippen LogP contribution in [0.3, 0.4) is 0 Å². The molecular weight excluding hydrogens is 302 g/mol. The van der Waals surface area contributed by atoms with E-state index in [1.807, 2.05) is 0 Å². The third-order valence-electron chi connectivity index (χ3n) is 3.41. The molecule has 0 spiro atoms. The van der Waals surface area contributed by atoms with E-state index < -0.39 is 35.5 Å². The van der Waals surface area contributed by atoms with Gasteiger partial charge in [0, 0.05) is 4.47 Å². The third kappa shape index (κ3) is 1.35. The van der Waals surface area contributed by atoms with Crippen molar-refractivity contribution in [1.82, 2.24) is 0 Å². The van der Waals surface area contributed by atoms with Crippen LogP contribution in [0.15, 0.2) is 28.7 Å². The number of carbonyl (C=O) groups excluding carboxylic acids is 2. The number of hydrogen-bond acceptors (Lipinski definition) is 3. The van der Waals surface area contributed by atoms with Gasteiger partial charge in [0.25, 0.3) is 0 Å². The number of carbonyl (C=O) groups is 3. The molecule has 5 nitrogen and oxygen atoms in total. The summed E-state index contributed by atoms with van der Waals surface area (Å²) in [7, 11) is 0. The minimum atomic E-state index is -1.07. The molecule has 3 rings (SSSR count). The zero-order valence-corrected chi connectivity index (χ0v) is 10.6. The molecule has 2 amide bonds. The maximum Gasteiger partial charge on any atom is 0.308 e. The highest BCUT2D eigenvalue weighted by Gasteiger charge is 2.70. The lowest BCUT2D eigenvalue weighted by Gasteiger charge is -2.18. The quantitative estimate of drug-likeness (QED) is 0.835. The van der Waals surface area contributed by atoms with Crippen LogP contribution in [0.1, 0.15) is 0 Å². The number of carboxylic acids is 1. The second kappa shape index (κ2) is 3.65. The van der Waals surface area contributed by atoms with Gasteiger partial charge < -0.3 is 5.11 Å². The molecule has 92 valence electrons. The second-order valence-corrected chi connectivity index (χ2v) is 5.23. The predicted octanol–water partition coefficient (Wildman–Crippen LogP) is 1.27. The van der Waals surface area contributed by atoms with E-state index in [0.717, 1.165) is 4.90 Å². The number of hydrogen-bond donors (Lipinski definition) is 1. The van der Waals surface area contributed by atoms with Crippen LogP contribution in [-0.2, 0) is 14.4 Å². The van der Waals surface area contributed by atoms with Crippen molar-refractivity contribution >= 4 is 39.4 Å². The summed E-state index contributed by atoms with van der Waals surface area (Å²) in [6, 6.07) is 6.88. The maximum absolute atomic E-state index is 12.0. The lowest BCUT2D eigenvalue weighted by Crippen LogP contribution is -2.36. The van der Waals surface area contributed by atoms with Crippen molar-refractivity contribution in [2.24, 2.45) is 17.8 Å². The van der Waals surface area contributed by atoms with Gasteiger partial charge in [-0.25, -0.2) is 4.90 Å². The summed E-state index contributed by atoms with van der Waals surface area (Å²) < 4.78 is 0.639. The van der Waals surface area contributed by atoms with E-state index in [9.17, 15) is 14.4 Å². The molecule has 2 fully saturated rings. The molecule has 2 aliphatic rings. The van der Waals surface area contributed by atoms with Gasteiger partial charge in [-0.05, 0) is 28.1 Å². The zero-order valence-electron chi connectivity index (χ0n) is 9.04. The summed E-state index contributed by atoms with van der Waals surface area (Å²) in [6.45, 7) is 0. The maximum atomic E-state index is 12.0. The summed E-state index contributed by atoms with van der Waals surface area (Å²) in [6.07, 6.45) is 0. The van der Waals surface area contributed by atoms with Crippen LogP contribution in [0.25, 0.3) is 0 Å². The fourth-order valence-corrected chi connectivity index (χ4v) is 2.97. The number of rotatable bonds is 2. The van der Waals surface area contributed by atoms with Crippen LogP contribution in [0.5, 0.6) is 0 Å². The first kappa shape index (κ1) is 11.4. The molecular formula is C12H8BrNO4. The number of fused-ring (bicyclic) bond motifs is 1. The monoisotopic (exact) mass is 309 g/mol. The Kier molecular flexibility index (Phi) is 2.31. The van der Waals surface area contributed by atoms with Gasteiger partial charge in [-0.1, -0.05) is 12.1 Å². The number of carboxylic acid groups (broad SMARTS) is 1. The van der Waals surface area contributed by atoms with Gasteiger partial charge in [-0.3, -0.25) is 14.4 Å². The average molecular weight is 310 g/mol. The lowest BCUT2D eigenvalue weighted by atomic mass is 10.2. The van der Waals surface area contributed by atoms with E-state index >= 15 is 0 Å². The summed E-state index contributed by atoms with van der Waals surface area (Å²) in [5.74, 6) is -4.08. The molecule has 1 saturated heterocycles. The molecule has 1 saturated carbocycles. The fourth-order valence-electron chi connectivity index (χ4n) is 2.51. The van der Waals surface area contributed by atoms with Crippen molar-refractivity contribution in [2.75, 3.05) is 4.90 Å². The molecule has 0 radical (unpaired) electrons. The van der Waals surface area contributed by atoms with Gasteiger partial charge in [-0.2, -0.15) is 0 Å². The van der Waals surface area contributed by atoms with E-state index in [1.165, 1.54) is 0 Å². The molecule has 18 heavy (non-hydrogen) atoms. The number of anilines is 1. The standard InChI is InChI=1S/C12H8BrNO4/c13-5-3-1-2-4-6(5)14-10(15)7-8(11(14)16)9(7)12(17)18/h1-4,7-9H,(H,17,18). The SMILES string of the molecule is O=C(O)C1C2C(=O)N(c3ccccc3Br)C(=O)C12. The highest BCUT2D eigenvalue weighted by molar-refractivity contribution is 9.10. The summed E-state index contributed by atoms with van der Waals surface area (Å²) in [4.78, 5) is 36.0. The van der Waals surface area contributed by atoms with Gasteiger partial charge in [0.1, 0.15) is 0 Å². The highest BCUT2D eigenvalue weighted by atomic mass is 79.9. The van der Waals surface area contributed by atoms with Gasteiger partial charge in [0.05, 0.1) is 23.4 Å². The number of benzene rings is 1. The second-order valence-electron chi connectivity index (χ2n) is 4.38. The average Bonchev–Trinajstić information content (AvgIpc) is 3.01. The molecule has 6 heteroatoms. The largest absolute Gasteiger partial charge is 0.481 e. The molecule has 1 N–H and O–H groups in total. The van der Waals surface area contributed by atoms with Crippen LogP contribution in [0.2, 0.25) is 0 Å². The van der Waals surface area contributed by atoms with Crippen molar-refractivity contribution in [1.29, 1.82) is 0 Å². The van der Waals surface area contributed by atoms with E-state index in [-0.39, 0.29) is 0 Å². The molecule has 0 aromatic heterocycles. The van der Waals surface area contributed by atoms with E-state index in [4.69, 9.17) is 5.11 Å². The van der Waals surface area contributed by atoms with Crippen molar-refractivity contribution in [3.8, 4) is 0 Å². The summed E-state index contributed by atoms with van der Waals surface area (Å²) in [5, 5.41) is 8.87. The number of piperidine rings is 1. The van der Waals surface area contributed by atoms with Crippen molar-refractivity contribution in [3.63, 3.8) is 0 Å². The van der Waals surface area contributed by atoms with Crippen LogP contribution < -0.4 is 4.90 Å². The Labute approximate surface area is 111 Å². The molecule has 1 aliphatic heterocycles. The van der Waals surface area contributed by atoms with Crippen molar-refractivity contribution in [2.45, 2.75) is 0 Å². The number of para-hydroxylation sites is 1. The van der Waals surface area contributed by atoms with E-state index in [2.05, 4.69) is 15.9 Å². The molecule has 2 atom stereocenters. The first-order chi connectivity index (χ1) is 8.54. The van der Waals surface area contributed by atoms with Gasteiger partial charge in [0.2, 0.25) is 11.8 Å². The van der Waals surface area contributed by atoms with E-state index in [0.29, 0.717) is 10.2 Å². The first-order valence-electron chi connectivity index (χ1n) is 5.39. The first-order valence-corrected chi connectivity index (χ1v) is 6.18. The van der Waals surface area contributed by atoms with Crippen LogP contribution in [0, 0.1) is 17.8 Å². The number of amides is 2. The van der Waals surface area contributed by atoms with Crippen LogP contribution >= 0.6 is 15.9 Å². The molecule has 1 aliphatic carbocycles. The van der Waals surface area contributed by atoms with Crippen molar-refractivity contribution < 1.29 is 19.5 Å². The Balaban J connectivity index is 1.95. The van der Waals surface area contributed by atoms with Gasteiger partial charge >= 0.3 is 5.97 Å². The highest BCUT2D eigenvalue weighted by Crippen LogP contribution is 2.54. The third-order valence-corrected chi connectivity index (χ3v) is 4.08. The Morgan fingerprint density at radius 2 is 1.72 bits per heavy atom. The molecule has 2 unspecified atom stereocenters. The Hall–Kier alpha value is -1.69. The summed E-state index contributed by atoms with van der Waals surface area (Å²) >= 11 is 3.28. The smallest absolute Gasteiger partial charge is 0.308 e. The Bertz CT molecular complexity index is 563. The molecule has 1 heterocycles. The number of halogens is 1. The van der Waals surface area contributed by atoms with Crippen LogP contribution in [0.4, 0.5) is 5.69 Å². The number of aliphatic carboxylic acids is 1. The number of nitrogens with zero attached hydrogens (tertiary/aromatic N) is 1. The van der Waals surface area contributed by atoms with Crippen molar-refractivity contribution in [3.05, 3.63) is 28.7 Å². The van der Waals surface area contributed by atoms with Gasteiger partial charge in [0.15, 0.2) is 0 Å².